The maximum Gasteiger partial charge on any atom is 0.218 e. The lowest BCUT2D eigenvalue weighted by molar-refractivity contribution is -0.106. The molecule has 0 saturated heterocycles. The maximum atomic E-state index is 11.2. The predicted molar refractivity (Wildman–Crippen MR) is 64.4 cm³/mol. The molecule has 1 N–H and O–H groups in total. The van der Waals surface area contributed by atoms with Gasteiger partial charge in [0.25, 0.3) is 0 Å². The summed E-state index contributed by atoms with van der Waals surface area (Å²) < 4.78 is 0. The third-order valence-electron chi connectivity index (χ3n) is 2.70. The molecule has 3 rings (SSSR count). The average molecular weight is 210 g/mol. The van der Waals surface area contributed by atoms with Crippen LogP contribution in [-0.4, -0.2) is 6.41 Å². The van der Waals surface area contributed by atoms with Crippen molar-refractivity contribution < 1.29 is 4.79 Å². The van der Waals surface area contributed by atoms with E-state index in [-0.39, 0.29) is 0 Å². The largest absolute Gasteiger partial charge is 0.352 e. The topological polar surface area (TPSA) is 32.3 Å². The zero-order valence-corrected chi connectivity index (χ0v) is 8.55. The Balaban J connectivity index is 2.23. The van der Waals surface area contributed by atoms with Gasteiger partial charge in [-0.25, -0.2) is 0 Å². The van der Waals surface area contributed by atoms with Gasteiger partial charge >= 0.3 is 0 Å². The number of rotatable bonds is 1. The number of para-hydroxylation sites is 4. The van der Waals surface area contributed by atoms with Gasteiger partial charge in [-0.3, -0.25) is 9.69 Å². The molecule has 1 amide bonds. The van der Waals surface area contributed by atoms with Crippen molar-refractivity contribution in [2.45, 2.75) is 0 Å². The van der Waals surface area contributed by atoms with Crippen molar-refractivity contribution in [3.05, 3.63) is 48.5 Å². The summed E-state index contributed by atoms with van der Waals surface area (Å²) in [6, 6.07) is 15.5. The first-order chi connectivity index (χ1) is 7.90. The maximum absolute atomic E-state index is 11.2. The molecule has 0 aromatic heterocycles. The van der Waals surface area contributed by atoms with Gasteiger partial charge in [0.05, 0.1) is 22.7 Å². The molecule has 0 radical (unpaired) electrons. The molecule has 2 aromatic rings. The van der Waals surface area contributed by atoms with E-state index in [0.717, 1.165) is 29.2 Å². The predicted octanol–water partition coefficient (Wildman–Crippen LogP) is 3.04. The average Bonchev–Trinajstić information content (AvgIpc) is 2.36. The first kappa shape index (κ1) is 8.97. The second kappa shape index (κ2) is 3.38. The number of amides is 1. The molecule has 78 valence electrons. The van der Waals surface area contributed by atoms with Gasteiger partial charge in [-0.05, 0) is 24.3 Å². The summed E-state index contributed by atoms with van der Waals surface area (Å²) >= 11 is 0. The number of fused-ring (bicyclic) bond motifs is 2. The van der Waals surface area contributed by atoms with E-state index in [1.807, 2.05) is 48.5 Å². The first-order valence-corrected chi connectivity index (χ1v) is 5.10. The molecule has 0 atom stereocenters. The highest BCUT2D eigenvalue weighted by molar-refractivity contribution is 6.01. The van der Waals surface area contributed by atoms with Crippen molar-refractivity contribution in [3.63, 3.8) is 0 Å². The summed E-state index contributed by atoms with van der Waals surface area (Å²) in [6.45, 7) is 0. The second-order valence-corrected chi connectivity index (χ2v) is 3.63. The molecule has 0 fully saturated rings. The van der Waals surface area contributed by atoms with E-state index in [1.54, 1.807) is 4.90 Å². The van der Waals surface area contributed by atoms with E-state index in [2.05, 4.69) is 5.32 Å². The number of nitrogens with zero attached hydrogens (tertiary/aromatic N) is 1. The van der Waals surface area contributed by atoms with Crippen LogP contribution in [0.15, 0.2) is 48.5 Å². The second-order valence-electron chi connectivity index (χ2n) is 3.63. The van der Waals surface area contributed by atoms with E-state index in [0.29, 0.717) is 0 Å². The van der Waals surface area contributed by atoms with E-state index < -0.39 is 0 Å². The molecular weight excluding hydrogens is 200 g/mol. The summed E-state index contributed by atoms with van der Waals surface area (Å²) in [6.07, 6.45) is 0.846. The van der Waals surface area contributed by atoms with Crippen molar-refractivity contribution in [1.82, 2.24) is 0 Å². The van der Waals surface area contributed by atoms with Gasteiger partial charge in [0.2, 0.25) is 6.41 Å². The van der Waals surface area contributed by atoms with Gasteiger partial charge in [-0.2, -0.15) is 0 Å². The summed E-state index contributed by atoms with van der Waals surface area (Å²) in [7, 11) is 0. The van der Waals surface area contributed by atoms with Crippen molar-refractivity contribution in [2.24, 2.45) is 0 Å². The van der Waals surface area contributed by atoms with Crippen LogP contribution in [0, 0.1) is 0 Å². The molecule has 0 unspecified atom stereocenters. The number of hydrogen-bond donors (Lipinski definition) is 1. The zero-order chi connectivity index (χ0) is 11.0. The van der Waals surface area contributed by atoms with E-state index in [4.69, 9.17) is 0 Å². The molecule has 0 bridgehead atoms. The molecule has 16 heavy (non-hydrogen) atoms. The van der Waals surface area contributed by atoms with Crippen LogP contribution < -0.4 is 10.2 Å². The summed E-state index contributed by atoms with van der Waals surface area (Å²) in [5.41, 5.74) is 3.68. The highest BCUT2D eigenvalue weighted by Gasteiger charge is 2.20. The number of carbonyl (C=O) groups excluding carboxylic acids is 1. The minimum Gasteiger partial charge on any atom is -0.352 e. The Morgan fingerprint density at radius 1 is 0.875 bits per heavy atom. The van der Waals surface area contributed by atoms with E-state index in [9.17, 15) is 4.79 Å². The lowest BCUT2D eigenvalue weighted by Crippen LogP contribution is -2.20. The number of nitrogens with one attached hydrogen (secondary N) is 1. The smallest absolute Gasteiger partial charge is 0.218 e. The third kappa shape index (κ3) is 1.18. The van der Waals surface area contributed by atoms with Crippen LogP contribution in [0.25, 0.3) is 0 Å². The molecular formula is C13H10N2O. The van der Waals surface area contributed by atoms with Crippen LogP contribution in [0.3, 0.4) is 0 Å². The molecule has 1 heterocycles. The Morgan fingerprint density at radius 3 is 1.88 bits per heavy atom. The number of benzene rings is 2. The van der Waals surface area contributed by atoms with Crippen LogP contribution in [0.2, 0.25) is 0 Å². The fraction of sp³-hybridized carbons (Fsp3) is 0. The normalized spacial score (nSPS) is 12.4. The van der Waals surface area contributed by atoms with Gasteiger partial charge in [0.1, 0.15) is 0 Å². The Kier molecular flexibility index (Phi) is 1.90. The van der Waals surface area contributed by atoms with Crippen LogP contribution >= 0.6 is 0 Å². The molecule has 1 aliphatic heterocycles. The molecule has 1 aliphatic rings. The zero-order valence-electron chi connectivity index (χ0n) is 8.55. The summed E-state index contributed by atoms with van der Waals surface area (Å²) in [5.74, 6) is 0. The van der Waals surface area contributed by atoms with Crippen LogP contribution in [0.1, 0.15) is 0 Å². The highest BCUT2D eigenvalue weighted by Crippen LogP contribution is 2.41. The van der Waals surface area contributed by atoms with E-state index in [1.165, 1.54) is 0 Å². The first-order valence-electron chi connectivity index (χ1n) is 5.10. The number of anilines is 4. The minimum atomic E-state index is 0.846. The fourth-order valence-electron chi connectivity index (χ4n) is 1.97. The molecule has 0 saturated carbocycles. The van der Waals surface area contributed by atoms with Gasteiger partial charge in [-0.15, -0.1) is 0 Å². The van der Waals surface area contributed by atoms with Crippen molar-refractivity contribution in [2.75, 3.05) is 10.2 Å². The van der Waals surface area contributed by atoms with Crippen molar-refractivity contribution in [3.8, 4) is 0 Å². The molecule has 0 aliphatic carbocycles. The van der Waals surface area contributed by atoms with Gasteiger partial charge in [0.15, 0.2) is 0 Å². The Hall–Kier alpha value is -2.29. The third-order valence-corrected chi connectivity index (χ3v) is 2.70. The SMILES string of the molecule is O=CN1c2ccccc2Nc2ccccc21. The van der Waals surface area contributed by atoms with Crippen LogP contribution in [0.5, 0.6) is 0 Å². The lowest BCUT2D eigenvalue weighted by atomic mass is 10.1. The Bertz CT molecular complexity index is 506. The fourth-order valence-corrected chi connectivity index (χ4v) is 1.97. The van der Waals surface area contributed by atoms with Gasteiger partial charge in [-0.1, -0.05) is 24.3 Å². The molecule has 3 nitrogen and oxygen atoms in total. The monoisotopic (exact) mass is 210 g/mol. The van der Waals surface area contributed by atoms with Gasteiger partial charge in [0, 0.05) is 0 Å². The standard InChI is InChI=1S/C13H10N2O/c16-9-15-12-7-3-1-5-10(12)14-11-6-2-4-8-13(11)15/h1-9,14H. The van der Waals surface area contributed by atoms with Crippen molar-refractivity contribution in [1.29, 1.82) is 0 Å². The Labute approximate surface area is 93.3 Å². The van der Waals surface area contributed by atoms with Gasteiger partial charge < -0.3 is 5.32 Å². The van der Waals surface area contributed by atoms with Crippen LogP contribution in [-0.2, 0) is 4.79 Å². The van der Waals surface area contributed by atoms with E-state index >= 15 is 0 Å². The number of hydrogen-bond acceptors (Lipinski definition) is 2. The summed E-state index contributed by atoms with van der Waals surface area (Å²) in [4.78, 5) is 12.8. The molecule has 2 aromatic carbocycles. The molecule has 3 heteroatoms. The highest BCUT2D eigenvalue weighted by atomic mass is 16.1. The van der Waals surface area contributed by atoms with Crippen LogP contribution in [0.4, 0.5) is 22.7 Å². The Morgan fingerprint density at radius 2 is 1.38 bits per heavy atom. The number of carbonyl (C=O) groups is 1. The quantitative estimate of drug-likeness (QED) is 0.734. The lowest BCUT2D eigenvalue weighted by Gasteiger charge is -2.29. The van der Waals surface area contributed by atoms with Crippen molar-refractivity contribution >= 4 is 29.2 Å². The molecule has 0 spiro atoms. The summed E-state index contributed by atoms with van der Waals surface area (Å²) in [5, 5.41) is 3.30. The minimum absolute atomic E-state index is 0.846.